The van der Waals surface area contributed by atoms with Gasteiger partial charge in [-0.15, -0.1) is 0 Å². The van der Waals surface area contributed by atoms with Crippen molar-refractivity contribution in [2.45, 2.75) is 12.2 Å². The number of allylic oxidation sites excluding steroid dienone is 3. The minimum Gasteiger partial charge on any atom is -0.497 e. The maximum absolute atomic E-state index is 9.31. The molecule has 0 aromatic rings. The average Bonchev–Trinajstić information content (AvgIpc) is 2.57. The van der Waals surface area contributed by atoms with Gasteiger partial charge in [0.1, 0.15) is 6.61 Å². The molecule has 17 heavy (non-hydrogen) atoms. The van der Waals surface area contributed by atoms with Crippen molar-refractivity contribution in [3.63, 3.8) is 0 Å². The van der Waals surface area contributed by atoms with E-state index in [1.165, 1.54) is 0 Å². The lowest BCUT2D eigenvalue weighted by molar-refractivity contribution is 0.100. The Labute approximate surface area is 99.7 Å². The van der Waals surface area contributed by atoms with Crippen LogP contribution in [-0.2, 0) is 14.0 Å². The zero-order valence-corrected chi connectivity index (χ0v) is 9.33. The van der Waals surface area contributed by atoms with E-state index in [1.807, 2.05) is 12.2 Å². The molecule has 0 spiro atoms. The van der Waals surface area contributed by atoms with Crippen molar-refractivity contribution >= 4 is 7.12 Å². The van der Waals surface area contributed by atoms with Crippen molar-refractivity contribution in [3.05, 3.63) is 35.0 Å². The summed E-state index contributed by atoms with van der Waals surface area (Å²) in [4.78, 5) is 0. The lowest BCUT2D eigenvalue weighted by Crippen LogP contribution is -2.37. The number of hydrogen-bond acceptors (Lipinski definition) is 5. The first-order valence-corrected chi connectivity index (χ1v) is 5.68. The third-order valence-corrected chi connectivity index (χ3v) is 3.21. The average molecular weight is 235 g/mol. The van der Waals surface area contributed by atoms with Crippen molar-refractivity contribution in [3.8, 4) is 0 Å². The molecule has 0 aliphatic carbocycles. The summed E-state index contributed by atoms with van der Waals surface area (Å²) >= 11 is 0. The number of nitrogens with two attached hydrogens (primary N) is 1. The van der Waals surface area contributed by atoms with Gasteiger partial charge in [-0.2, -0.15) is 0 Å². The normalized spacial score (nSPS) is 30.9. The van der Waals surface area contributed by atoms with Crippen molar-refractivity contribution in [1.29, 1.82) is 0 Å². The van der Waals surface area contributed by atoms with Crippen LogP contribution in [-0.4, -0.2) is 44.2 Å². The van der Waals surface area contributed by atoms with Crippen LogP contribution in [0.1, 0.15) is 0 Å². The van der Waals surface area contributed by atoms with E-state index in [9.17, 15) is 5.11 Å². The van der Waals surface area contributed by atoms with Crippen LogP contribution in [0, 0.1) is 0 Å². The van der Waals surface area contributed by atoms with Crippen LogP contribution in [0.4, 0.5) is 0 Å². The van der Waals surface area contributed by atoms with Gasteiger partial charge in [0, 0.05) is 6.54 Å². The first-order chi connectivity index (χ1) is 8.33. The second-order valence-corrected chi connectivity index (χ2v) is 4.22. The maximum Gasteiger partial charge on any atom is 0.495 e. The van der Waals surface area contributed by atoms with Crippen LogP contribution >= 0.6 is 0 Å². The van der Waals surface area contributed by atoms with E-state index in [4.69, 9.17) is 19.8 Å². The summed E-state index contributed by atoms with van der Waals surface area (Å²) < 4.78 is 16.7. The molecule has 0 aromatic carbocycles. The van der Waals surface area contributed by atoms with E-state index in [1.54, 1.807) is 6.26 Å². The quantitative estimate of drug-likeness (QED) is 0.633. The summed E-state index contributed by atoms with van der Waals surface area (Å²) in [5.74, 6) is 0. The first-order valence-electron chi connectivity index (χ1n) is 5.68. The maximum atomic E-state index is 9.31. The third-order valence-electron chi connectivity index (χ3n) is 3.21. The molecule has 0 aromatic heterocycles. The molecule has 6 heteroatoms. The number of aliphatic hydroxyl groups excluding tert-OH is 1. The van der Waals surface area contributed by atoms with Crippen LogP contribution < -0.4 is 5.73 Å². The fourth-order valence-electron chi connectivity index (χ4n) is 2.39. The zero-order valence-electron chi connectivity index (χ0n) is 9.33. The highest BCUT2D eigenvalue weighted by Crippen LogP contribution is 2.36. The Kier molecular flexibility index (Phi) is 2.80. The van der Waals surface area contributed by atoms with Gasteiger partial charge in [-0.05, 0) is 28.8 Å². The summed E-state index contributed by atoms with van der Waals surface area (Å²) in [6.07, 6.45) is 5.04. The van der Waals surface area contributed by atoms with Gasteiger partial charge in [0.15, 0.2) is 0 Å². The van der Waals surface area contributed by atoms with E-state index in [0.717, 1.165) is 16.6 Å². The molecule has 90 valence electrons. The molecule has 0 amide bonds. The van der Waals surface area contributed by atoms with Crippen LogP contribution in [0.25, 0.3) is 0 Å². The van der Waals surface area contributed by atoms with E-state index in [-0.39, 0.29) is 18.8 Å². The Morgan fingerprint density at radius 1 is 1.47 bits per heavy atom. The van der Waals surface area contributed by atoms with Crippen LogP contribution in [0.5, 0.6) is 0 Å². The molecule has 3 rings (SSSR count). The summed E-state index contributed by atoms with van der Waals surface area (Å²) in [5, 5.41) is 9.31. The Morgan fingerprint density at radius 3 is 3.12 bits per heavy atom. The molecule has 0 unspecified atom stereocenters. The molecule has 3 N–H and O–H groups in total. The largest absolute Gasteiger partial charge is 0.497 e. The van der Waals surface area contributed by atoms with Crippen LogP contribution in [0.3, 0.4) is 0 Å². The topological polar surface area (TPSA) is 73.9 Å². The summed E-state index contributed by atoms with van der Waals surface area (Å²) in [7, 11) is -0.429. The predicted octanol–water partition coefficient (Wildman–Crippen LogP) is -0.471. The molecular weight excluding hydrogens is 221 g/mol. The first kappa shape index (κ1) is 11.0. The Bertz CT molecular complexity index is 418. The van der Waals surface area contributed by atoms with E-state index in [0.29, 0.717) is 13.2 Å². The lowest BCUT2D eigenvalue weighted by atomic mass is 9.70. The van der Waals surface area contributed by atoms with E-state index < -0.39 is 7.12 Å². The minimum absolute atomic E-state index is 0.0668. The van der Waals surface area contributed by atoms with Crippen molar-refractivity contribution in [1.82, 2.24) is 0 Å². The Morgan fingerprint density at radius 2 is 2.35 bits per heavy atom. The van der Waals surface area contributed by atoms with Gasteiger partial charge in [0.05, 0.1) is 25.1 Å². The molecule has 3 aliphatic heterocycles. The lowest BCUT2D eigenvalue weighted by Gasteiger charge is -2.24. The van der Waals surface area contributed by atoms with Gasteiger partial charge in [-0.25, -0.2) is 0 Å². The predicted molar refractivity (Wildman–Crippen MR) is 61.8 cm³/mol. The monoisotopic (exact) mass is 235 g/mol. The van der Waals surface area contributed by atoms with Gasteiger partial charge in [-0.3, -0.25) is 0 Å². The second-order valence-electron chi connectivity index (χ2n) is 4.22. The van der Waals surface area contributed by atoms with Crippen molar-refractivity contribution < 1.29 is 19.2 Å². The molecule has 0 saturated heterocycles. The molecule has 5 nitrogen and oxygen atoms in total. The highest BCUT2D eigenvalue weighted by atomic mass is 16.6. The Balaban J connectivity index is 2.03. The smallest absolute Gasteiger partial charge is 0.495 e. The van der Waals surface area contributed by atoms with Gasteiger partial charge in [0.25, 0.3) is 0 Å². The van der Waals surface area contributed by atoms with Gasteiger partial charge < -0.3 is 24.9 Å². The number of aliphatic hydroxyl groups is 1. The number of hydrogen-bond donors (Lipinski definition) is 2. The minimum atomic E-state index is -0.429. The van der Waals surface area contributed by atoms with E-state index in [2.05, 4.69) is 0 Å². The molecule has 3 heterocycles. The number of rotatable bonds is 2. The molecule has 0 saturated carbocycles. The van der Waals surface area contributed by atoms with Crippen LogP contribution in [0.15, 0.2) is 35.0 Å². The molecule has 0 bridgehead atoms. The van der Waals surface area contributed by atoms with E-state index >= 15 is 0 Å². The SMILES string of the molecule is NC[C@H]1C=C2C=COCC3=C2B(O1)O[C@H]3CO. The fourth-order valence-corrected chi connectivity index (χ4v) is 2.39. The van der Waals surface area contributed by atoms with Crippen LogP contribution in [0.2, 0.25) is 0 Å². The highest BCUT2D eigenvalue weighted by Gasteiger charge is 2.44. The Hall–Kier alpha value is -1.08. The molecule has 0 radical (unpaired) electrons. The third kappa shape index (κ3) is 1.73. The highest BCUT2D eigenvalue weighted by molar-refractivity contribution is 6.57. The van der Waals surface area contributed by atoms with Gasteiger partial charge in [0.2, 0.25) is 0 Å². The zero-order chi connectivity index (χ0) is 11.8. The summed E-state index contributed by atoms with van der Waals surface area (Å²) in [5.41, 5.74) is 8.59. The second kappa shape index (κ2) is 4.31. The standard InChI is InChI=1S/C11H14BNO4/c13-4-8-3-7-1-2-15-6-9-10(5-14)17-12(16-8)11(7)9/h1-3,8,10,14H,4-6,13H2/t8-,10+/m1/s1. The number of ether oxygens (including phenoxy) is 1. The van der Waals surface area contributed by atoms with Gasteiger partial charge in [-0.1, -0.05) is 0 Å². The summed E-state index contributed by atoms with van der Waals surface area (Å²) in [6.45, 7) is 0.772. The molecular formula is C11H14BNO4. The molecule has 3 aliphatic rings. The van der Waals surface area contributed by atoms with Crippen molar-refractivity contribution in [2.75, 3.05) is 19.8 Å². The molecule has 2 atom stereocenters. The van der Waals surface area contributed by atoms with Crippen molar-refractivity contribution in [2.24, 2.45) is 5.73 Å². The summed E-state index contributed by atoms with van der Waals surface area (Å²) in [6, 6.07) is 0. The molecule has 0 fully saturated rings. The van der Waals surface area contributed by atoms with Gasteiger partial charge >= 0.3 is 7.12 Å². The fraction of sp³-hybridized carbons (Fsp3) is 0.455.